The van der Waals surface area contributed by atoms with Crippen LogP contribution in [0.1, 0.15) is 5.56 Å². The average molecular weight is 353 g/mol. The molecule has 0 aliphatic rings. The van der Waals surface area contributed by atoms with Crippen molar-refractivity contribution in [3.63, 3.8) is 0 Å². The molecule has 0 saturated carbocycles. The van der Waals surface area contributed by atoms with E-state index < -0.39 is 11.2 Å². The van der Waals surface area contributed by atoms with Gasteiger partial charge in [0.05, 0.1) is 6.54 Å². The lowest BCUT2D eigenvalue weighted by Gasteiger charge is -2.04. The first kappa shape index (κ1) is 15.4. The Morgan fingerprint density at radius 1 is 1.00 bits per heavy atom. The molecule has 0 aliphatic carbocycles. The molecule has 2 aromatic heterocycles. The number of fused-ring (bicyclic) bond motifs is 1. The molecule has 124 valence electrons. The average Bonchev–Trinajstić information content (AvgIpc) is 3.04. The molecular weight excluding hydrogens is 340 g/mol. The number of halogens is 1. The quantitative estimate of drug-likeness (QED) is 0.594. The van der Waals surface area contributed by atoms with E-state index in [2.05, 4.69) is 15.0 Å². The lowest BCUT2D eigenvalue weighted by atomic mass is 10.2. The topological polar surface area (TPSA) is 83.5 Å². The van der Waals surface area contributed by atoms with Crippen molar-refractivity contribution in [2.45, 2.75) is 6.54 Å². The largest absolute Gasteiger partial charge is 0.332 e. The third kappa shape index (κ3) is 2.88. The summed E-state index contributed by atoms with van der Waals surface area (Å²) in [5.74, 6) is 0.531. The summed E-state index contributed by atoms with van der Waals surface area (Å²) in [4.78, 5) is 35.0. The van der Waals surface area contributed by atoms with Crippen LogP contribution in [0.3, 0.4) is 0 Å². The summed E-state index contributed by atoms with van der Waals surface area (Å²) in [7, 11) is 0. The minimum absolute atomic E-state index is 0.129. The van der Waals surface area contributed by atoms with E-state index in [1.54, 1.807) is 18.2 Å². The number of H-pyrrole nitrogens is 2. The molecule has 2 heterocycles. The van der Waals surface area contributed by atoms with Gasteiger partial charge in [-0.2, -0.15) is 0 Å². The molecule has 0 radical (unpaired) electrons. The third-order valence-electron chi connectivity index (χ3n) is 3.91. The zero-order valence-electron chi connectivity index (χ0n) is 13.0. The van der Waals surface area contributed by atoms with Gasteiger partial charge in [0.15, 0.2) is 5.65 Å². The highest BCUT2D eigenvalue weighted by atomic mass is 35.5. The van der Waals surface area contributed by atoms with Crippen molar-refractivity contribution in [3.05, 3.63) is 86.0 Å². The Kier molecular flexibility index (Phi) is 3.74. The Labute approximate surface area is 146 Å². The summed E-state index contributed by atoms with van der Waals surface area (Å²) in [5.41, 5.74) is 1.18. The van der Waals surface area contributed by atoms with E-state index in [9.17, 15) is 9.59 Å². The van der Waals surface area contributed by atoms with Gasteiger partial charge in [-0.15, -0.1) is 0 Å². The van der Waals surface area contributed by atoms with Crippen LogP contribution >= 0.6 is 11.6 Å². The second kappa shape index (κ2) is 6.07. The molecule has 0 fully saturated rings. The van der Waals surface area contributed by atoms with Crippen molar-refractivity contribution in [2.24, 2.45) is 0 Å². The Bertz CT molecular complexity index is 1180. The van der Waals surface area contributed by atoms with Gasteiger partial charge in [-0.25, -0.2) is 9.78 Å². The maximum atomic E-state index is 12.7. The van der Waals surface area contributed by atoms with Crippen LogP contribution in [-0.4, -0.2) is 19.5 Å². The number of aromatic amines is 2. The molecule has 0 atom stereocenters. The van der Waals surface area contributed by atoms with E-state index in [0.717, 1.165) is 15.7 Å². The lowest BCUT2D eigenvalue weighted by Crippen LogP contribution is -2.35. The van der Waals surface area contributed by atoms with Gasteiger partial charge in [-0.1, -0.05) is 54.1 Å². The maximum Gasteiger partial charge on any atom is 0.330 e. The van der Waals surface area contributed by atoms with Crippen LogP contribution in [0.25, 0.3) is 22.6 Å². The second-order valence-corrected chi connectivity index (χ2v) is 6.06. The molecule has 0 saturated heterocycles. The van der Waals surface area contributed by atoms with Gasteiger partial charge >= 0.3 is 5.69 Å². The van der Waals surface area contributed by atoms with Crippen molar-refractivity contribution >= 4 is 22.8 Å². The fourth-order valence-corrected chi connectivity index (χ4v) is 2.92. The van der Waals surface area contributed by atoms with Crippen LogP contribution in [-0.2, 0) is 6.54 Å². The van der Waals surface area contributed by atoms with Gasteiger partial charge in [0, 0.05) is 10.6 Å². The first-order valence-corrected chi connectivity index (χ1v) is 8.02. The number of hydrogen-bond donors (Lipinski definition) is 2. The third-order valence-corrected chi connectivity index (χ3v) is 4.15. The number of nitrogens with one attached hydrogen (secondary N) is 2. The Hall–Kier alpha value is -3.12. The Morgan fingerprint density at radius 3 is 2.56 bits per heavy atom. The number of hydrogen-bond acceptors (Lipinski definition) is 3. The van der Waals surface area contributed by atoms with Crippen molar-refractivity contribution in [1.29, 1.82) is 0 Å². The van der Waals surface area contributed by atoms with Crippen LogP contribution < -0.4 is 11.2 Å². The summed E-state index contributed by atoms with van der Waals surface area (Å²) in [5, 5.41) is 0.552. The molecule has 25 heavy (non-hydrogen) atoms. The zero-order valence-corrected chi connectivity index (χ0v) is 13.7. The van der Waals surface area contributed by atoms with Gasteiger partial charge < -0.3 is 4.98 Å². The zero-order chi connectivity index (χ0) is 17.4. The van der Waals surface area contributed by atoms with E-state index >= 15 is 0 Å². The molecule has 2 N–H and O–H groups in total. The summed E-state index contributed by atoms with van der Waals surface area (Å²) in [6.45, 7) is 0.129. The molecule has 4 aromatic rings. The molecule has 0 spiro atoms. The summed E-state index contributed by atoms with van der Waals surface area (Å²) in [6, 6.07) is 16.4. The number of nitrogens with zero attached hydrogens (tertiary/aromatic N) is 2. The summed E-state index contributed by atoms with van der Waals surface area (Å²) >= 11 is 5.97. The number of benzene rings is 2. The summed E-state index contributed by atoms with van der Waals surface area (Å²) in [6.07, 6.45) is 0. The first-order valence-electron chi connectivity index (χ1n) is 7.64. The van der Waals surface area contributed by atoms with E-state index in [4.69, 9.17) is 11.6 Å². The van der Waals surface area contributed by atoms with Gasteiger partial charge in [0.2, 0.25) is 0 Å². The SMILES string of the molecule is O=c1[nH]c2nc(-c3ccccc3)[nH]c2c(=O)n1Cc1cccc(Cl)c1. The van der Waals surface area contributed by atoms with Gasteiger partial charge in [-0.05, 0) is 17.7 Å². The highest BCUT2D eigenvalue weighted by Crippen LogP contribution is 2.17. The predicted octanol–water partition coefficient (Wildman–Crippen LogP) is 2.78. The first-order chi connectivity index (χ1) is 12.1. The van der Waals surface area contributed by atoms with Gasteiger partial charge in [0.1, 0.15) is 11.3 Å². The predicted molar refractivity (Wildman–Crippen MR) is 97.0 cm³/mol. The molecule has 7 heteroatoms. The fourth-order valence-electron chi connectivity index (χ4n) is 2.71. The number of rotatable bonds is 3. The van der Waals surface area contributed by atoms with E-state index in [-0.39, 0.29) is 17.7 Å². The van der Waals surface area contributed by atoms with E-state index in [1.165, 1.54) is 0 Å². The minimum Gasteiger partial charge on any atom is -0.332 e. The molecule has 0 bridgehead atoms. The number of aromatic nitrogens is 4. The highest BCUT2D eigenvalue weighted by molar-refractivity contribution is 6.30. The number of imidazole rings is 1. The second-order valence-electron chi connectivity index (χ2n) is 5.63. The smallest absolute Gasteiger partial charge is 0.330 e. The normalized spacial score (nSPS) is 11.1. The molecule has 0 aliphatic heterocycles. The van der Waals surface area contributed by atoms with Gasteiger partial charge in [-0.3, -0.25) is 14.3 Å². The van der Waals surface area contributed by atoms with E-state index in [0.29, 0.717) is 10.8 Å². The van der Waals surface area contributed by atoms with Crippen LogP contribution in [0.2, 0.25) is 5.02 Å². The maximum absolute atomic E-state index is 12.7. The molecule has 0 amide bonds. The monoisotopic (exact) mass is 352 g/mol. The highest BCUT2D eigenvalue weighted by Gasteiger charge is 2.13. The van der Waals surface area contributed by atoms with Crippen LogP contribution in [0.4, 0.5) is 0 Å². The lowest BCUT2D eigenvalue weighted by molar-refractivity contribution is 0.709. The summed E-state index contributed by atoms with van der Waals surface area (Å²) < 4.78 is 1.13. The van der Waals surface area contributed by atoms with Crippen molar-refractivity contribution in [3.8, 4) is 11.4 Å². The molecule has 4 rings (SSSR count). The Morgan fingerprint density at radius 2 is 1.80 bits per heavy atom. The van der Waals surface area contributed by atoms with Gasteiger partial charge in [0.25, 0.3) is 5.56 Å². The molecule has 2 aromatic carbocycles. The van der Waals surface area contributed by atoms with Crippen molar-refractivity contribution in [1.82, 2.24) is 19.5 Å². The van der Waals surface area contributed by atoms with Crippen LogP contribution in [0, 0.1) is 0 Å². The van der Waals surface area contributed by atoms with Crippen LogP contribution in [0.5, 0.6) is 0 Å². The van der Waals surface area contributed by atoms with E-state index in [1.807, 2.05) is 36.4 Å². The minimum atomic E-state index is -0.511. The van der Waals surface area contributed by atoms with Crippen LogP contribution in [0.15, 0.2) is 64.2 Å². The fraction of sp³-hybridized carbons (Fsp3) is 0.0556. The van der Waals surface area contributed by atoms with Crippen molar-refractivity contribution in [2.75, 3.05) is 0 Å². The van der Waals surface area contributed by atoms with Crippen molar-refractivity contribution < 1.29 is 0 Å². The molecule has 0 unspecified atom stereocenters. The molecular formula is C18H13ClN4O2. The molecule has 6 nitrogen and oxygen atoms in total. The standard InChI is InChI=1S/C18H13ClN4O2/c19-13-8-4-5-11(9-13)10-23-17(24)14-16(22-18(23)25)21-15(20-14)12-6-2-1-3-7-12/h1-9H,10H2,(H,20,21)(H,22,25). The Balaban J connectivity index is 1.84.